The zero-order valence-electron chi connectivity index (χ0n) is 10.2. The molecule has 0 bridgehead atoms. The predicted octanol–water partition coefficient (Wildman–Crippen LogP) is 3.63. The first kappa shape index (κ1) is 11.0. The predicted molar refractivity (Wildman–Crippen MR) is 71.1 cm³/mol. The van der Waals surface area contributed by atoms with E-state index < -0.39 is 0 Å². The minimum atomic E-state index is -0.258. The Morgan fingerprint density at radius 3 is 2.72 bits per heavy atom. The number of carbonyl (C=O) groups is 1. The van der Waals surface area contributed by atoms with E-state index in [1.807, 2.05) is 30.3 Å². The van der Waals surface area contributed by atoms with Crippen LogP contribution in [-0.4, -0.2) is 5.97 Å². The highest BCUT2D eigenvalue weighted by Crippen LogP contribution is 2.34. The molecule has 1 heterocycles. The average molecular weight is 238 g/mol. The van der Waals surface area contributed by atoms with Crippen molar-refractivity contribution >= 4 is 16.7 Å². The number of hydrogen-bond acceptors (Lipinski definition) is 2. The number of benzene rings is 2. The van der Waals surface area contributed by atoms with Crippen molar-refractivity contribution in [1.82, 2.24) is 0 Å². The molecule has 0 amide bonds. The molecule has 90 valence electrons. The number of hydrogen-bond donors (Lipinski definition) is 0. The standard InChI is InChI=1S/C16H14O2/c1-11-9-10-15(17)18-16(11)14-8-4-6-12-5-2-3-7-13(12)14/h2-11,16H,1H3/t11-,16-/m0/s1. The van der Waals surface area contributed by atoms with Crippen LogP contribution in [0.2, 0.25) is 0 Å². The molecule has 0 aliphatic carbocycles. The van der Waals surface area contributed by atoms with Crippen molar-refractivity contribution in [2.24, 2.45) is 5.92 Å². The summed E-state index contributed by atoms with van der Waals surface area (Å²) < 4.78 is 5.47. The van der Waals surface area contributed by atoms with Crippen molar-refractivity contribution in [3.63, 3.8) is 0 Å². The lowest BCUT2D eigenvalue weighted by atomic mass is 9.91. The third-order valence-electron chi connectivity index (χ3n) is 3.39. The maximum absolute atomic E-state index is 11.4. The van der Waals surface area contributed by atoms with E-state index in [1.165, 1.54) is 11.5 Å². The SMILES string of the molecule is C[C@H]1C=CC(=O)O[C@@H]1c1cccc2ccccc12. The number of cyclic esters (lactones) is 1. The van der Waals surface area contributed by atoms with Crippen LogP contribution in [0.25, 0.3) is 10.8 Å². The molecule has 0 spiro atoms. The summed E-state index contributed by atoms with van der Waals surface area (Å²) in [5.41, 5.74) is 1.08. The van der Waals surface area contributed by atoms with Gasteiger partial charge >= 0.3 is 5.97 Å². The van der Waals surface area contributed by atoms with Crippen LogP contribution in [0.4, 0.5) is 0 Å². The molecule has 2 heteroatoms. The Bertz CT molecular complexity index is 623. The fourth-order valence-electron chi connectivity index (χ4n) is 2.45. The van der Waals surface area contributed by atoms with Gasteiger partial charge in [0.05, 0.1) is 0 Å². The lowest BCUT2D eigenvalue weighted by Crippen LogP contribution is -2.20. The number of fused-ring (bicyclic) bond motifs is 1. The minimum absolute atomic E-state index is 0.186. The summed E-state index contributed by atoms with van der Waals surface area (Å²) in [5, 5.41) is 2.33. The van der Waals surface area contributed by atoms with E-state index in [1.54, 1.807) is 0 Å². The summed E-state index contributed by atoms with van der Waals surface area (Å²) in [7, 11) is 0. The molecule has 0 saturated heterocycles. The van der Waals surface area contributed by atoms with Gasteiger partial charge in [-0.15, -0.1) is 0 Å². The number of carbonyl (C=O) groups excluding carboxylic acids is 1. The Labute approximate surface area is 106 Å². The molecule has 2 aromatic rings. The second-order valence-electron chi connectivity index (χ2n) is 4.64. The molecule has 0 N–H and O–H groups in total. The van der Waals surface area contributed by atoms with Crippen LogP contribution in [0.1, 0.15) is 18.6 Å². The number of ether oxygens (including phenoxy) is 1. The van der Waals surface area contributed by atoms with Crippen LogP contribution in [0.5, 0.6) is 0 Å². The smallest absolute Gasteiger partial charge is 0.331 e. The van der Waals surface area contributed by atoms with Crippen molar-refractivity contribution in [2.45, 2.75) is 13.0 Å². The second kappa shape index (κ2) is 4.30. The van der Waals surface area contributed by atoms with Gasteiger partial charge in [-0.05, 0) is 10.8 Å². The molecule has 1 aliphatic rings. The first-order valence-corrected chi connectivity index (χ1v) is 6.12. The molecular formula is C16H14O2. The first-order valence-electron chi connectivity index (χ1n) is 6.12. The monoisotopic (exact) mass is 238 g/mol. The van der Waals surface area contributed by atoms with E-state index in [9.17, 15) is 4.79 Å². The van der Waals surface area contributed by atoms with E-state index in [2.05, 4.69) is 25.1 Å². The molecular weight excluding hydrogens is 224 g/mol. The van der Waals surface area contributed by atoms with Gasteiger partial charge in [-0.1, -0.05) is 55.5 Å². The zero-order valence-corrected chi connectivity index (χ0v) is 10.2. The topological polar surface area (TPSA) is 26.3 Å². The number of rotatable bonds is 1. The van der Waals surface area contributed by atoms with E-state index in [0.717, 1.165) is 10.9 Å². The largest absolute Gasteiger partial charge is 0.454 e. The van der Waals surface area contributed by atoms with Crippen molar-refractivity contribution in [1.29, 1.82) is 0 Å². The van der Waals surface area contributed by atoms with Crippen LogP contribution in [0, 0.1) is 5.92 Å². The molecule has 2 atom stereocenters. The van der Waals surface area contributed by atoms with Crippen molar-refractivity contribution in [2.75, 3.05) is 0 Å². The molecule has 0 unspecified atom stereocenters. The van der Waals surface area contributed by atoms with Crippen molar-refractivity contribution < 1.29 is 9.53 Å². The van der Waals surface area contributed by atoms with Gasteiger partial charge in [-0.3, -0.25) is 0 Å². The quantitative estimate of drug-likeness (QED) is 0.709. The minimum Gasteiger partial charge on any atom is -0.454 e. The maximum Gasteiger partial charge on any atom is 0.331 e. The molecule has 0 saturated carbocycles. The molecule has 2 nitrogen and oxygen atoms in total. The molecule has 0 aromatic heterocycles. The summed E-state index contributed by atoms with van der Waals surface area (Å²) in [6.45, 7) is 2.06. The normalized spacial score (nSPS) is 23.1. The van der Waals surface area contributed by atoms with E-state index in [-0.39, 0.29) is 18.0 Å². The van der Waals surface area contributed by atoms with Crippen LogP contribution in [0.15, 0.2) is 54.6 Å². The zero-order chi connectivity index (χ0) is 12.5. The molecule has 0 radical (unpaired) electrons. The van der Waals surface area contributed by atoms with Gasteiger partial charge in [0.1, 0.15) is 6.10 Å². The second-order valence-corrected chi connectivity index (χ2v) is 4.64. The maximum atomic E-state index is 11.4. The fraction of sp³-hybridized carbons (Fsp3) is 0.188. The van der Waals surface area contributed by atoms with Crippen LogP contribution in [0.3, 0.4) is 0 Å². The number of esters is 1. The first-order chi connectivity index (χ1) is 8.75. The van der Waals surface area contributed by atoms with Crippen molar-refractivity contribution in [3.8, 4) is 0 Å². The summed E-state index contributed by atoms with van der Waals surface area (Å²) in [6, 6.07) is 14.3. The Morgan fingerprint density at radius 2 is 1.83 bits per heavy atom. The van der Waals surface area contributed by atoms with Gasteiger partial charge in [0.15, 0.2) is 0 Å². The molecule has 3 rings (SSSR count). The summed E-state index contributed by atoms with van der Waals surface area (Å²) in [4.78, 5) is 11.4. The lowest BCUT2D eigenvalue weighted by molar-refractivity contribution is -0.146. The third kappa shape index (κ3) is 1.80. The summed E-state index contributed by atoms with van der Waals surface area (Å²) >= 11 is 0. The van der Waals surface area contributed by atoms with E-state index >= 15 is 0 Å². The summed E-state index contributed by atoms with van der Waals surface area (Å²) in [6.07, 6.45) is 3.23. The highest BCUT2D eigenvalue weighted by atomic mass is 16.5. The Hall–Kier alpha value is -2.09. The lowest BCUT2D eigenvalue weighted by Gasteiger charge is -2.26. The van der Waals surface area contributed by atoms with Crippen LogP contribution >= 0.6 is 0 Å². The summed E-state index contributed by atoms with van der Waals surface area (Å²) in [5.74, 6) is -0.0560. The van der Waals surface area contributed by atoms with Crippen LogP contribution < -0.4 is 0 Å². The fourth-order valence-corrected chi connectivity index (χ4v) is 2.45. The van der Waals surface area contributed by atoms with E-state index in [0.29, 0.717) is 0 Å². The van der Waals surface area contributed by atoms with Gasteiger partial charge < -0.3 is 4.74 Å². The highest BCUT2D eigenvalue weighted by Gasteiger charge is 2.26. The van der Waals surface area contributed by atoms with Crippen molar-refractivity contribution in [3.05, 3.63) is 60.2 Å². The van der Waals surface area contributed by atoms with Crippen LogP contribution in [-0.2, 0) is 9.53 Å². The Kier molecular flexibility index (Phi) is 2.63. The molecule has 18 heavy (non-hydrogen) atoms. The highest BCUT2D eigenvalue weighted by molar-refractivity contribution is 5.87. The van der Waals surface area contributed by atoms with Gasteiger partial charge in [0.2, 0.25) is 0 Å². The molecule has 0 fully saturated rings. The van der Waals surface area contributed by atoms with Gasteiger partial charge in [0, 0.05) is 17.6 Å². The molecule has 2 aromatic carbocycles. The third-order valence-corrected chi connectivity index (χ3v) is 3.39. The van der Waals surface area contributed by atoms with Gasteiger partial charge in [0.25, 0.3) is 0 Å². The molecule has 1 aliphatic heterocycles. The van der Waals surface area contributed by atoms with Gasteiger partial charge in [-0.25, -0.2) is 4.79 Å². The Balaban J connectivity index is 2.14. The van der Waals surface area contributed by atoms with E-state index in [4.69, 9.17) is 4.74 Å². The average Bonchev–Trinajstić information content (AvgIpc) is 2.41. The van der Waals surface area contributed by atoms with Gasteiger partial charge in [-0.2, -0.15) is 0 Å². The Morgan fingerprint density at radius 1 is 1.06 bits per heavy atom.